The average molecular weight is 169 g/mol. The highest BCUT2D eigenvalue weighted by Crippen LogP contribution is 1.80. The van der Waals surface area contributed by atoms with Crippen molar-refractivity contribution in [2.45, 2.75) is 19.5 Å². The van der Waals surface area contributed by atoms with Gasteiger partial charge in [-0.3, -0.25) is 4.68 Å². The zero-order chi connectivity index (χ0) is 8.81. The van der Waals surface area contributed by atoms with Gasteiger partial charge in [0.05, 0.1) is 6.54 Å². The van der Waals surface area contributed by atoms with Crippen molar-refractivity contribution in [2.75, 3.05) is 13.1 Å². The molecule has 0 saturated heterocycles. The fourth-order valence-corrected chi connectivity index (χ4v) is 0.857. The summed E-state index contributed by atoms with van der Waals surface area (Å²) in [5.74, 6) is 0. The average Bonchev–Trinajstić information content (AvgIpc) is 2.57. The van der Waals surface area contributed by atoms with Crippen molar-refractivity contribution < 1.29 is 0 Å². The molecule has 0 aromatic carbocycles. The number of hydrogen-bond acceptors (Lipinski definition) is 4. The van der Waals surface area contributed by atoms with Crippen molar-refractivity contribution in [1.82, 2.24) is 20.1 Å². The van der Waals surface area contributed by atoms with Crippen LogP contribution in [0.25, 0.3) is 0 Å². The van der Waals surface area contributed by atoms with Crippen LogP contribution in [-0.2, 0) is 6.54 Å². The third-order valence-corrected chi connectivity index (χ3v) is 1.65. The maximum Gasteiger partial charge on any atom is 0.137 e. The molecule has 0 spiro atoms. The second kappa shape index (κ2) is 4.84. The molecule has 5 heteroatoms. The van der Waals surface area contributed by atoms with E-state index in [1.165, 1.54) is 6.33 Å². The van der Waals surface area contributed by atoms with E-state index in [-0.39, 0.29) is 0 Å². The fourth-order valence-electron chi connectivity index (χ4n) is 0.857. The highest BCUT2D eigenvalue weighted by molar-refractivity contribution is 4.62. The van der Waals surface area contributed by atoms with Crippen LogP contribution in [0.4, 0.5) is 0 Å². The lowest BCUT2D eigenvalue weighted by atomic mass is 10.3. The summed E-state index contributed by atoms with van der Waals surface area (Å²) < 4.78 is 1.79. The van der Waals surface area contributed by atoms with E-state index in [9.17, 15) is 0 Å². The summed E-state index contributed by atoms with van der Waals surface area (Å²) in [5, 5.41) is 7.23. The van der Waals surface area contributed by atoms with Gasteiger partial charge in [0.2, 0.25) is 0 Å². The largest absolute Gasteiger partial charge is 0.329 e. The monoisotopic (exact) mass is 169 g/mol. The van der Waals surface area contributed by atoms with Gasteiger partial charge < -0.3 is 11.1 Å². The van der Waals surface area contributed by atoms with E-state index in [0.717, 1.165) is 13.1 Å². The molecule has 0 saturated carbocycles. The lowest BCUT2D eigenvalue weighted by Gasteiger charge is -2.10. The standard InChI is InChI=1S/C7H15N5/c1-7(4-8)10-2-3-12-6-9-5-11-12/h5-7,10H,2-4,8H2,1H3. The Hall–Kier alpha value is -0.940. The first-order valence-corrected chi connectivity index (χ1v) is 4.09. The topological polar surface area (TPSA) is 68.8 Å². The molecule has 0 fully saturated rings. The van der Waals surface area contributed by atoms with E-state index >= 15 is 0 Å². The maximum absolute atomic E-state index is 5.43. The molecule has 1 atom stereocenters. The minimum Gasteiger partial charge on any atom is -0.329 e. The Morgan fingerprint density at radius 3 is 3.08 bits per heavy atom. The van der Waals surface area contributed by atoms with Crippen molar-refractivity contribution in [3.8, 4) is 0 Å². The molecule has 0 amide bonds. The summed E-state index contributed by atoms with van der Waals surface area (Å²) in [5.41, 5.74) is 5.43. The van der Waals surface area contributed by atoms with Gasteiger partial charge in [-0.2, -0.15) is 5.10 Å². The molecule has 68 valence electrons. The Morgan fingerprint density at radius 1 is 1.67 bits per heavy atom. The molecule has 1 unspecified atom stereocenters. The number of aromatic nitrogens is 3. The van der Waals surface area contributed by atoms with Crippen molar-refractivity contribution in [2.24, 2.45) is 5.73 Å². The molecule has 1 aromatic heterocycles. The molecular weight excluding hydrogens is 154 g/mol. The second-order valence-electron chi connectivity index (χ2n) is 2.75. The molecule has 0 aliphatic carbocycles. The zero-order valence-corrected chi connectivity index (χ0v) is 7.27. The quantitative estimate of drug-likeness (QED) is 0.606. The van der Waals surface area contributed by atoms with E-state index in [1.807, 2.05) is 0 Å². The molecule has 1 heterocycles. The number of hydrogen-bond donors (Lipinski definition) is 2. The molecule has 0 bridgehead atoms. The minimum atomic E-state index is 0.369. The van der Waals surface area contributed by atoms with E-state index < -0.39 is 0 Å². The summed E-state index contributed by atoms with van der Waals surface area (Å²) >= 11 is 0. The minimum absolute atomic E-state index is 0.369. The summed E-state index contributed by atoms with van der Waals surface area (Å²) in [7, 11) is 0. The first-order valence-electron chi connectivity index (χ1n) is 4.09. The summed E-state index contributed by atoms with van der Waals surface area (Å²) in [6, 6.07) is 0.369. The van der Waals surface area contributed by atoms with E-state index in [2.05, 4.69) is 22.3 Å². The number of rotatable bonds is 5. The number of nitrogens with zero attached hydrogens (tertiary/aromatic N) is 3. The molecule has 3 N–H and O–H groups in total. The first kappa shape index (κ1) is 9.15. The second-order valence-corrected chi connectivity index (χ2v) is 2.75. The van der Waals surface area contributed by atoms with Gasteiger partial charge in [-0.1, -0.05) is 0 Å². The SMILES string of the molecule is CC(CN)NCCn1cncn1. The first-order chi connectivity index (χ1) is 5.83. The smallest absolute Gasteiger partial charge is 0.137 e. The fraction of sp³-hybridized carbons (Fsp3) is 0.714. The van der Waals surface area contributed by atoms with Crippen LogP contribution >= 0.6 is 0 Å². The highest BCUT2D eigenvalue weighted by atomic mass is 15.3. The van der Waals surface area contributed by atoms with Crippen LogP contribution in [-0.4, -0.2) is 33.9 Å². The van der Waals surface area contributed by atoms with Crippen LogP contribution in [0.3, 0.4) is 0 Å². The normalized spacial score (nSPS) is 13.2. The molecule has 5 nitrogen and oxygen atoms in total. The maximum atomic E-state index is 5.43. The van der Waals surface area contributed by atoms with Gasteiger partial charge in [0.25, 0.3) is 0 Å². The molecule has 1 aromatic rings. The Kier molecular flexibility index (Phi) is 3.69. The van der Waals surface area contributed by atoms with Crippen LogP contribution in [0.5, 0.6) is 0 Å². The number of nitrogens with two attached hydrogens (primary N) is 1. The van der Waals surface area contributed by atoms with E-state index in [1.54, 1.807) is 11.0 Å². The third kappa shape index (κ3) is 2.98. The summed E-state index contributed by atoms with van der Waals surface area (Å²) in [4.78, 5) is 3.84. The third-order valence-electron chi connectivity index (χ3n) is 1.65. The Morgan fingerprint density at radius 2 is 2.50 bits per heavy atom. The Labute approximate surface area is 72.0 Å². The van der Waals surface area contributed by atoms with E-state index in [4.69, 9.17) is 5.73 Å². The molecule has 12 heavy (non-hydrogen) atoms. The van der Waals surface area contributed by atoms with Gasteiger partial charge in [0.15, 0.2) is 0 Å². The van der Waals surface area contributed by atoms with Crippen LogP contribution in [0.1, 0.15) is 6.92 Å². The van der Waals surface area contributed by atoms with Crippen molar-refractivity contribution in [1.29, 1.82) is 0 Å². The van der Waals surface area contributed by atoms with Gasteiger partial charge in [0, 0.05) is 19.1 Å². The predicted octanol–water partition coefficient (Wildman–Crippen LogP) is -0.785. The molecule has 1 rings (SSSR count). The Balaban J connectivity index is 2.11. The lowest BCUT2D eigenvalue weighted by Crippen LogP contribution is -2.35. The van der Waals surface area contributed by atoms with Gasteiger partial charge in [-0.25, -0.2) is 4.98 Å². The predicted molar refractivity (Wildman–Crippen MR) is 46.5 cm³/mol. The van der Waals surface area contributed by atoms with Crippen molar-refractivity contribution in [3.63, 3.8) is 0 Å². The van der Waals surface area contributed by atoms with Gasteiger partial charge in [-0.15, -0.1) is 0 Å². The van der Waals surface area contributed by atoms with Gasteiger partial charge in [0.1, 0.15) is 12.7 Å². The van der Waals surface area contributed by atoms with E-state index in [0.29, 0.717) is 12.6 Å². The summed E-state index contributed by atoms with van der Waals surface area (Å²) in [6.45, 7) is 4.44. The van der Waals surface area contributed by atoms with Crippen molar-refractivity contribution >= 4 is 0 Å². The summed E-state index contributed by atoms with van der Waals surface area (Å²) in [6.07, 6.45) is 3.24. The highest BCUT2D eigenvalue weighted by Gasteiger charge is 1.96. The molecule has 0 aliphatic heterocycles. The molecule has 0 radical (unpaired) electrons. The van der Waals surface area contributed by atoms with Crippen molar-refractivity contribution in [3.05, 3.63) is 12.7 Å². The Bertz CT molecular complexity index is 196. The number of nitrogens with one attached hydrogen (secondary N) is 1. The van der Waals surface area contributed by atoms with Crippen LogP contribution in [0.2, 0.25) is 0 Å². The van der Waals surface area contributed by atoms with Gasteiger partial charge >= 0.3 is 0 Å². The van der Waals surface area contributed by atoms with Gasteiger partial charge in [-0.05, 0) is 6.92 Å². The lowest BCUT2D eigenvalue weighted by molar-refractivity contribution is 0.499. The molecular formula is C7H15N5. The zero-order valence-electron chi connectivity index (χ0n) is 7.27. The van der Waals surface area contributed by atoms with Crippen LogP contribution < -0.4 is 11.1 Å². The molecule has 0 aliphatic rings. The van der Waals surface area contributed by atoms with Crippen LogP contribution in [0.15, 0.2) is 12.7 Å². The van der Waals surface area contributed by atoms with Crippen LogP contribution in [0, 0.1) is 0 Å².